The van der Waals surface area contributed by atoms with E-state index in [1.165, 1.54) is 12.2 Å². The molecule has 0 aromatic heterocycles. The smallest absolute Gasteiger partial charge is 0.311 e. The predicted octanol–water partition coefficient (Wildman–Crippen LogP) is 5.77. The number of carboxylic acids is 1. The van der Waals surface area contributed by atoms with Crippen molar-refractivity contribution in [2.45, 2.75) is 12.5 Å². The van der Waals surface area contributed by atoms with Crippen LogP contribution in [0.5, 0.6) is 11.5 Å². The molecule has 5 rings (SSSR count). The average molecular weight is 541 g/mol. The summed E-state index contributed by atoms with van der Waals surface area (Å²) in [4.78, 5) is 27.5. The normalized spacial score (nSPS) is 23.2. The van der Waals surface area contributed by atoms with Crippen LogP contribution in [0.3, 0.4) is 0 Å². The number of hydrogen-bond acceptors (Lipinski definition) is 4. The molecule has 3 aliphatic rings. The minimum absolute atomic E-state index is 0.101. The van der Waals surface area contributed by atoms with Gasteiger partial charge in [-0.1, -0.05) is 64.6 Å². The van der Waals surface area contributed by atoms with Crippen LogP contribution in [0, 0.1) is 11.8 Å². The van der Waals surface area contributed by atoms with Crippen molar-refractivity contribution in [3.8, 4) is 11.5 Å². The Labute approximate surface area is 215 Å². The van der Waals surface area contributed by atoms with Gasteiger partial charge < -0.3 is 19.5 Å². The van der Waals surface area contributed by atoms with Crippen molar-refractivity contribution in [1.29, 1.82) is 0 Å². The largest absolute Gasteiger partial charge is 0.481 e. The van der Waals surface area contributed by atoms with Gasteiger partial charge >= 0.3 is 5.97 Å². The van der Waals surface area contributed by atoms with Crippen LogP contribution >= 0.6 is 46.4 Å². The molecule has 3 unspecified atom stereocenters. The third-order valence-corrected chi connectivity index (χ3v) is 7.85. The number of rotatable bonds is 3. The van der Waals surface area contributed by atoms with Crippen LogP contribution in [0.4, 0.5) is 0 Å². The Morgan fingerprint density at radius 3 is 2.32 bits per heavy atom. The second-order valence-electron chi connectivity index (χ2n) is 8.15. The summed E-state index contributed by atoms with van der Waals surface area (Å²) in [5.74, 6) is -2.57. The van der Waals surface area contributed by atoms with Crippen molar-refractivity contribution < 1.29 is 24.2 Å². The number of fused-ring (bicyclic) bond motifs is 2. The molecule has 2 heterocycles. The van der Waals surface area contributed by atoms with Gasteiger partial charge in [0.25, 0.3) is 0 Å². The molecule has 0 saturated carbocycles. The molecular weight excluding hydrogens is 524 g/mol. The molecule has 0 fully saturated rings. The summed E-state index contributed by atoms with van der Waals surface area (Å²) in [7, 11) is 0. The van der Waals surface area contributed by atoms with E-state index in [1.807, 2.05) is 12.1 Å². The van der Waals surface area contributed by atoms with Gasteiger partial charge in [-0.25, -0.2) is 0 Å². The van der Waals surface area contributed by atoms with Gasteiger partial charge in [-0.2, -0.15) is 0 Å². The molecule has 0 bridgehead atoms. The Morgan fingerprint density at radius 1 is 0.941 bits per heavy atom. The summed E-state index contributed by atoms with van der Waals surface area (Å²) in [5.41, 5.74) is 2.40. The van der Waals surface area contributed by atoms with E-state index in [4.69, 9.17) is 55.9 Å². The lowest BCUT2D eigenvalue weighted by atomic mass is 9.83. The number of aliphatic carboxylic acids is 1. The minimum Gasteiger partial charge on any atom is -0.481 e. The van der Waals surface area contributed by atoms with Crippen LogP contribution in [0.25, 0.3) is 0 Å². The molecule has 1 N–H and O–H groups in total. The molecule has 176 valence electrons. The Kier molecular flexibility index (Phi) is 6.19. The first-order valence-corrected chi connectivity index (χ1v) is 11.9. The van der Waals surface area contributed by atoms with Crippen LogP contribution in [-0.2, 0) is 16.0 Å². The summed E-state index contributed by atoms with van der Waals surface area (Å²) < 4.78 is 11.1. The topological polar surface area (TPSA) is 76.1 Å². The standard InChI is InChI=1S/C24H17Cl4NO5/c25-16-3-1-2-12(21(16)28)22-13-9-20-19(33-10-34-20)6-11(13)4-5-29(22)23(30)14-7-17(26)18(27)8-15(14)24(31)32/h1-3,6-9,14-15,22H,4-5,10H2,(H,31,32). The number of nitrogens with zero attached hydrogens (tertiary/aromatic N) is 1. The number of benzene rings is 2. The number of carbonyl (C=O) groups excluding carboxylic acids is 1. The third kappa shape index (κ3) is 3.93. The highest BCUT2D eigenvalue weighted by atomic mass is 35.5. The lowest BCUT2D eigenvalue weighted by molar-refractivity contribution is -0.147. The van der Waals surface area contributed by atoms with E-state index in [0.29, 0.717) is 40.1 Å². The number of amides is 1. The number of ether oxygens (including phenoxy) is 2. The zero-order valence-corrected chi connectivity index (χ0v) is 20.5. The number of halogens is 4. The van der Waals surface area contributed by atoms with Gasteiger partial charge in [0, 0.05) is 6.54 Å². The molecule has 2 aromatic rings. The van der Waals surface area contributed by atoms with Crippen LogP contribution in [0.15, 0.2) is 52.5 Å². The highest BCUT2D eigenvalue weighted by Crippen LogP contribution is 2.46. The van der Waals surface area contributed by atoms with E-state index in [9.17, 15) is 14.7 Å². The second kappa shape index (κ2) is 9.00. The van der Waals surface area contributed by atoms with Gasteiger partial charge in [0.1, 0.15) is 0 Å². The van der Waals surface area contributed by atoms with E-state index in [0.717, 1.165) is 11.1 Å². The first-order chi connectivity index (χ1) is 16.3. The summed E-state index contributed by atoms with van der Waals surface area (Å²) in [6.45, 7) is 0.437. The van der Waals surface area contributed by atoms with E-state index < -0.39 is 29.8 Å². The summed E-state index contributed by atoms with van der Waals surface area (Å²) >= 11 is 25.2. The zero-order valence-electron chi connectivity index (χ0n) is 17.4. The zero-order chi connectivity index (χ0) is 24.1. The molecule has 1 aliphatic carbocycles. The predicted molar refractivity (Wildman–Crippen MR) is 129 cm³/mol. The summed E-state index contributed by atoms with van der Waals surface area (Å²) in [6, 6.07) is 8.35. The maximum absolute atomic E-state index is 13.9. The fourth-order valence-electron chi connectivity index (χ4n) is 4.64. The Bertz CT molecular complexity index is 1270. The summed E-state index contributed by atoms with van der Waals surface area (Å²) in [5, 5.41) is 10.7. The van der Waals surface area contributed by atoms with Crippen molar-refractivity contribution >= 4 is 58.3 Å². The molecule has 2 aromatic carbocycles. The number of carboxylic acid groups (broad SMARTS) is 1. The average Bonchev–Trinajstić information content (AvgIpc) is 3.27. The van der Waals surface area contributed by atoms with E-state index >= 15 is 0 Å². The molecular formula is C24H17Cl4NO5. The highest BCUT2D eigenvalue weighted by Gasteiger charge is 2.42. The van der Waals surface area contributed by atoms with E-state index in [2.05, 4.69) is 0 Å². The van der Waals surface area contributed by atoms with Crippen LogP contribution in [0.2, 0.25) is 10.0 Å². The number of allylic oxidation sites excluding steroid dienone is 2. The molecule has 0 spiro atoms. The minimum atomic E-state index is -1.17. The first-order valence-electron chi connectivity index (χ1n) is 10.4. The van der Waals surface area contributed by atoms with Crippen LogP contribution in [0.1, 0.15) is 22.7 Å². The SMILES string of the molecule is O=C(O)C1C=C(Cl)C(Cl)=CC1C(=O)N1CCc2cc3c(cc2C1c1cccc(Cl)c1Cl)OCO3. The van der Waals surface area contributed by atoms with Crippen LogP contribution < -0.4 is 9.47 Å². The molecule has 0 saturated heterocycles. The Hall–Kier alpha value is -2.38. The van der Waals surface area contributed by atoms with Gasteiger partial charge in [-0.3, -0.25) is 9.59 Å². The second-order valence-corrected chi connectivity index (χ2v) is 9.75. The molecule has 1 amide bonds. The van der Waals surface area contributed by atoms with Crippen molar-refractivity contribution in [3.63, 3.8) is 0 Å². The molecule has 34 heavy (non-hydrogen) atoms. The Morgan fingerprint density at radius 2 is 1.62 bits per heavy atom. The first kappa shape index (κ1) is 23.4. The lowest BCUT2D eigenvalue weighted by Crippen LogP contribution is -2.46. The van der Waals surface area contributed by atoms with Crippen LogP contribution in [-0.4, -0.2) is 35.2 Å². The van der Waals surface area contributed by atoms with Gasteiger partial charge in [-0.15, -0.1) is 0 Å². The maximum Gasteiger partial charge on any atom is 0.311 e. The number of carbonyl (C=O) groups is 2. The number of hydrogen-bond donors (Lipinski definition) is 1. The van der Waals surface area contributed by atoms with Gasteiger partial charge in [0.15, 0.2) is 11.5 Å². The summed E-state index contributed by atoms with van der Waals surface area (Å²) in [6.07, 6.45) is 3.23. The van der Waals surface area contributed by atoms with Crippen molar-refractivity contribution in [2.24, 2.45) is 11.8 Å². The Balaban J connectivity index is 1.63. The molecule has 0 radical (unpaired) electrons. The van der Waals surface area contributed by atoms with Gasteiger partial charge in [-0.05, 0) is 47.4 Å². The molecule has 3 atom stereocenters. The van der Waals surface area contributed by atoms with E-state index in [1.54, 1.807) is 23.1 Å². The van der Waals surface area contributed by atoms with E-state index in [-0.39, 0.29) is 16.9 Å². The molecule has 10 heteroatoms. The highest BCUT2D eigenvalue weighted by molar-refractivity contribution is 6.44. The van der Waals surface area contributed by atoms with Crippen molar-refractivity contribution in [3.05, 3.63) is 79.3 Å². The third-order valence-electron chi connectivity index (χ3n) is 6.26. The van der Waals surface area contributed by atoms with Crippen molar-refractivity contribution in [2.75, 3.05) is 13.3 Å². The molecule has 2 aliphatic heterocycles. The molecule has 6 nitrogen and oxygen atoms in total. The van der Waals surface area contributed by atoms with Crippen molar-refractivity contribution in [1.82, 2.24) is 4.90 Å². The lowest BCUT2D eigenvalue weighted by Gasteiger charge is -2.40. The fraction of sp³-hybridized carbons (Fsp3) is 0.250. The monoisotopic (exact) mass is 539 g/mol. The van der Waals surface area contributed by atoms with Gasteiger partial charge in [0.2, 0.25) is 12.7 Å². The maximum atomic E-state index is 13.9. The fourth-order valence-corrected chi connectivity index (χ4v) is 5.44. The quantitative estimate of drug-likeness (QED) is 0.534. The van der Waals surface area contributed by atoms with Gasteiger partial charge in [0.05, 0.1) is 38.0 Å².